The fourth-order valence-corrected chi connectivity index (χ4v) is 0.855. The predicted molar refractivity (Wildman–Crippen MR) is 37.9 cm³/mol. The molecule has 0 heterocycles. The minimum Gasteiger partial charge on any atom is -0.285 e. The number of hydrogen-bond donors (Lipinski definition) is 2. The van der Waals surface area contributed by atoms with Crippen molar-refractivity contribution in [3.8, 4) is 0 Å². The van der Waals surface area contributed by atoms with Crippen LogP contribution in [0.4, 0.5) is 0 Å². The lowest BCUT2D eigenvalue weighted by Crippen LogP contribution is -2.03. The van der Waals surface area contributed by atoms with Crippen molar-refractivity contribution in [3.05, 3.63) is 0 Å². The highest BCUT2D eigenvalue weighted by atomic mass is 32.9. The Bertz CT molecular complexity index is 137. The van der Waals surface area contributed by atoms with Gasteiger partial charge in [-0.2, -0.15) is 16.8 Å². The molecule has 3 nitrogen and oxygen atoms in total. The number of hydrogen-bond acceptors (Lipinski definition) is 4. The van der Waals surface area contributed by atoms with Crippen LogP contribution < -0.4 is 0 Å². The largest absolute Gasteiger partial charge is 0.285 e. The van der Waals surface area contributed by atoms with Gasteiger partial charge in [-0.25, -0.2) is 0 Å². The molecule has 1 unspecified atom stereocenters. The minimum absolute atomic E-state index is 0.113. The Morgan fingerprint density at radius 2 is 2.38 bits per heavy atom. The lowest BCUT2D eigenvalue weighted by atomic mass is 10.9. The first-order chi connectivity index (χ1) is 3.56. The molecule has 0 aliphatic carbocycles. The Balaban J connectivity index is 3.42. The lowest BCUT2D eigenvalue weighted by Gasteiger charge is -1.95. The first-order valence-electron chi connectivity index (χ1n) is 1.79. The van der Waals surface area contributed by atoms with E-state index in [1.54, 1.807) is 0 Å². The minimum atomic E-state index is -3.40. The average molecular weight is 174 g/mol. The van der Waals surface area contributed by atoms with E-state index in [9.17, 15) is 4.21 Å². The zero-order valence-corrected chi connectivity index (χ0v) is 6.47. The highest BCUT2D eigenvalue weighted by molar-refractivity contribution is 8.27. The van der Waals surface area contributed by atoms with Gasteiger partial charge >= 0.3 is 0 Å². The third-order valence-corrected chi connectivity index (χ3v) is 1.26. The van der Waals surface area contributed by atoms with Crippen molar-refractivity contribution in [1.82, 2.24) is 0 Å². The fourth-order valence-electron chi connectivity index (χ4n) is 0.143. The van der Waals surface area contributed by atoms with Gasteiger partial charge in [-0.05, 0) is 0 Å². The van der Waals surface area contributed by atoms with Crippen molar-refractivity contribution in [3.63, 3.8) is 0 Å². The van der Waals surface area contributed by atoms with Gasteiger partial charge in [0.15, 0.2) is 0 Å². The molecule has 6 heteroatoms. The fraction of sp³-hybridized carbons (Fsp3) is 1.00. The Labute approximate surface area is 58.5 Å². The molecular weight excluding hydrogens is 168 g/mol. The molecule has 0 saturated heterocycles. The molecule has 1 atom stereocenters. The quantitative estimate of drug-likeness (QED) is 0.594. The van der Waals surface area contributed by atoms with Crippen LogP contribution in [0.3, 0.4) is 0 Å². The van der Waals surface area contributed by atoms with Crippen LogP contribution in [0.1, 0.15) is 0 Å². The zero-order valence-electron chi connectivity index (χ0n) is 3.94. The van der Waals surface area contributed by atoms with Gasteiger partial charge in [0.1, 0.15) is 0 Å². The Morgan fingerprint density at radius 1 is 1.88 bits per heavy atom. The van der Waals surface area contributed by atoms with Crippen molar-refractivity contribution in [1.29, 1.82) is 0 Å². The molecule has 0 aliphatic heterocycles. The van der Waals surface area contributed by atoms with Crippen LogP contribution in [0.5, 0.6) is 0 Å². The maximum atomic E-state index is 10.1. The monoisotopic (exact) mass is 174 g/mol. The Hall–Kier alpha value is 0.640. The van der Waals surface area contributed by atoms with E-state index in [-0.39, 0.29) is 6.61 Å². The third-order valence-electron chi connectivity index (χ3n) is 0.324. The molecule has 8 heavy (non-hydrogen) atoms. The van der Waals surface area contributed by atoms with Gasteiger partial charge in [-0.3, -0.25) is 8.74 Å². The van der Waals surface area contributed by atoms with E-state index in [4.69, 9.17) is 4.55 Å². The summed E-state index contributed by atoms with van der Waals surface area (Å²) in [6, 6.07) is 0. The van der Waals surface area contributed by atoms with Gasteiger partial charge in [-0.1, -0.05) is 0 Å². The molecule has 0 aromatic rings. The summed E-state index contributed by atoms with van der Waals surface area (Å²) in [6.07, 6.45) is 0. The summed E-state index contributed by atoms with van der Waals surface area (Å²) < 4.78 is 22.5. The van der Waals surface area contributed by atoms with E-state index in [1.807, 2.05) is 0 Å². The van der Waals surface area contributed by atoms with Crippen LogP contribution >= 0.6 is 12.6 Å². The standard InChI is InChI=1S/C2H6O3S3/c3-8(4,7)5-1-2-6/h6H,1-2H2,(H,3,4,7). The molecule has 0 aliphatic rings. The second kappa shape index (κ2) is 3.62. The van der Waals surface area contributed by atoms with E-state index >= 15 is 0 Å². The predicted octanol–water partition coefficient (Wildman–Crippen LogP) is 0.0671. The summed E-state index contributed by atoms with van der Waals surface area (Å²) in [5, 5.41) is 0. The maximum absolute atomic E-state index is 10.1. The van der Waals surface area contributed by atoms with E-state index in [1.165, 1.54) is 0 Å². The van der Waals surface area contributed by atoms with Crippen LogP contribution in [-0.4, -0.2) is 21.1 Å². The molecule has 50 valence electrons. The first kappa shape index (κ1) is 8.64. The van der Waals surface area contributed by atoms with Crippen LogP contribution in [0.2, 0.25) is 0 Å². The van der Waals surface area contributed by atoms with E-state index in [2.05, 4.69) is 28.0 Å². The zero-order chi connectivity index (χ0) is 6.62. The summed E-state index contributed by atoms with van der Waals surface area (Å²) in [4.78, 5) is 0. The molecule has 0 radical (unpaired) electrons. The maximum Gasteiger partial charge on any atom is 0.266 e. The summed E-state index contributed by atoms with van der Waals surface area (Å²) in [5.41, 5.74) is 0. The van der Waals surface area contributed by atoms with E-state index < -0.39 is 9.05 Å². The molecule has 0 spiro atoms. The Kier molecular flexibility index (Phi) is 3.91. The summed E-state index contributed by atoms with van der Waals surface area (Å²) >= 11 is 7.70. The van der Waals surface area contributed by atoms with E-state index in [0.717, 1.165) is 0 Å². The van der Waals surface area contributed by atoms with Crippen molar-refractivity contribution < 1.29 is 12.9 Å². The molecule has 0 amide bonds. The summed E-state index contributed by atoms with van der Waals surface area (Å²) in [7, 11) is -3.40. The third kappa shape index (κ3) is 6.64. The van der Waals surface area contributed by atoms with Gasteiger partial charge in [-0.15, -0.1) is 0 Å². The first-order valence-corrected chi connectivity index (χ1v) is 4.79. The Morgan fingerprint density at radius 3 is 2.50 bits per heavy atom. The van der Waals surface area contributed by atoms with Gasteiger partial charge in [0, 0.05) is 16.9 Å². The highest BCUT2D eigenvalue weighted by Crippen LogP contribution is 1.86. The molecule has 0 rings (SSSR count). The molecular formula is C2H6O3S3. The van der Waals surface area contributed by atoms with Crippen LogP contribution in [-0.2, 0) is 24.4 Å². The van der Waals surface area contributed by atoms with Gasteiger partial charge < -0.3 is 0 Å². The lowest BCUT2D eigenvalue weighted by molar-refractivity contribution is 0.326. The second-order valence-corrected chi connectivity index (χ2v) is 3.78. The number of rotatable bonds is 3. The second-order valence-electron chi connectivity index (χ2n) is 0.973. The molecule has 0 bridgehead atoms. The van der Waals surface area contributed by atoms with Crippen LogP contribution in [0, 0.1) is 0 Å². The van der Waals surface area contributed by atoms with Crippen molar-refractivity contribution in [2.45, 2.75) is 0 Å². The average Bonchev–Trinajstić information content (AvgIpc) is 1.59. The van der Waals surface area contributed by atoms with Crippen molar-refractivity contribution in [2.75, 3.05) is 12.4 Å². The molecule has 0 fully saturated rings. The smallest absolute Gasteiger partial charge is 0.266 e. The topological polar surface area (TPSA) is 46.5 Å². The van der Waals surface area contributed by atoms with Crippen molar-refractivity contribution in [2.24, 2.45) is 0 Å². The van der Waals surface area contributed by atoms with Crippen molar-refractivity contribution >= 4 is 32.9 Å². The number of thiol groups is 1. The van der Waals surface area contributed by atoms with Gasteiger partial charge in [0.25, 0.3) is 9.05 Å². The highest BCUT2D eigenvalue weighted by Gasteiger charge is 1.95. The van der Waals surface area contributed by atoms with Crippen LogP contribution in [0.15, 0.2) is 0 Å². The van der Waals surface area contributed by atoms with Gasteiger partial charge in [0.05, 0.1) is 6.61 Å². The molecule has 0 aromatic carbocycles. The molecule has 0 saturated carbocycles. The molecule has 1 N–H and O–H groups in total. The normalized spacial score (nSPS) is 17.8. The summed E-state index contributed by atoms with van der Waals surface area (Å²) in [6.45, 7) is 0.113. The SMILES string of the molecule is O=S(O)(=S)OCCS. The molecule has 0 aromatic heterocycles. The van der Waals surface area contributed by atoms with Gasteiger partial charge in [0.2, 0.25) is 0 Å². The van der Waals surface area contributed by atoms with E-state index in [0.29, 0.717) is 5.75 Å². The summed E-state index contributed by atoms with van der Waals surface area (Å²) in [5.74, 6) is 0.397. The van der Waals surface area contributed by atoms with Crippen LogP contribution in [0.25, 0.3) is 0 Å².